The molecule has 2 atom stereocenters. The Kier molecular flexibility index (Phi) is 6.12. The molecule has 0 aromatic heterocycles. The predicted molar refractivity (Wildman–Crippen MR) is 74.0 cm³/mol. The molecule has 1 aliphatic rings. The topological polar surface area (TPSA) is 69.6 Å². The van der Waals surface area contributed by atoms with Gasteiger partial charge >= 0.3 is 12.0 Å². The summed E-state index contributed by atoms with van der Waals surface area (Å²) in [4.78, 5) is 24.2. The Bertz CT molecular complexity index is 318. The van der Waals surface area contributed by atoms with Gasteiger partial charge in [0.1, 0.15) is 0 Å². The van der Waals surface area contributed by atoms with Gasteiger partial charge in [-0.3, -0.25) is 4.79 Å². The lowest BCUT2D eigenvalue weighted by molar-refractivity contribution is -0.137. The van der Waals surface area contributed by atoms with Crippen LogP contribution in [0.5, 0.6) is 0 Å². The van der Waals surface area contributed by atoms with Crippen LogP contribution in [0.1, 0.15) is 46.5 Å². The summed E-state index contributed by atoms with van der Waals surface area (Å²) >= 11 is 0. The first-order chi connectivity index (χ1) is 8.90. The average molecular weight is 270 g/mol. The van der Waals surface area contributed by atoms with Crippen molar-refractivity contribution in [2.45, 2.75) is 52.5 Å². The summed E-state index contributed by atoms with van der Waals surface area (Å²) < 4.78 is 0. The van der Waals surface area contributed by atoms with E-state index in [2.05, 4.69) is 12.2 Å². The van der Waals surface area contributed by atoms with Crippen LogP contribution >= 0.6 is 0 Å². The summed E-state index contributed by atoms with van der Waals surface area (Å²) in [5.41, 5.74) is 0. The lowest BCUT2D eigenvalue weighted by Crippen LogP contribution is -2.46. The highest BCUT2D eigenvalue weighted by Crippen LogP contribution is 2.29. The molecule has 2 N–H and O–H groups in total. The third-order valence-corrected chi connectivity index (χ3v) is 3.80. The fourth-order valence-corrected chi connectivity index (χ4v) is 2.65. The van der Waals surface area contributed by atoms with Gasteiger partial charge in [-0.25, -0.2) is 4.79 Å². The molecule has 2 amide bonds. The number of hydrogen-bond acceptors (Lipinski definition) is 2. The van der Waals surface area contributed by atoms with E-state index in [0.717, 1.165) is 5.92 Å². The van der Waals surface area contributed by atoms with Gasteiger partial charge in [0.05, 0.1) is 6.42 Å². The summed E-state index contributed by atoms with van der Waals surface area (Å²) in [6.07, 6.45) is 3.59. The van der Waals surface area contributed by atoms with Gasteiger partial charge in [-0.05, 0) is 38.5 Å². The summed E-state index contributed by atoms with van der Waals surface area (Å²) in [7, 11) is 0. The molecule has 0 heterocycles. The van der Waals surface area contributed by atoms with Crippen LogP contribution in [-0.4, -0.2) is 41.1 Å². The molecule has 0 saturated heterocycles. The van der Waals surface area contributed by atoms with Crippen molar-refractivity contribution < 1.29 is 14.7 Å². The van der Waals surface area contributed by atoms with Crippen LogP contribution < -0.4 is 5.32 Å². The van der Waals surface area contributed by atoms with Gasteiger partial charge in [-0.15, -0.1) is 0 Å². The van der Waals surface area contributed by atoms with E-state index < -0.39 is 5.97 Å². The number of hydrogen-bond donors (Lipinski definition) is 2. The molecule has 5 heteroatoms. The molecule has 1 saturated carbocycles. The molecular formula is C14H26N2O3. The number of nitrogens with one attached hydrogen (secondary N) is 1. The van der Waals surface area contributed by atoms with Crippen LogP contribution in [0, 0.1) is 11.8 Å². The number of carbonyl (C=O) groups excluding carboxylic acids is 1. The molecule has 1 fully saturated rings. The smallest absolute Gasteiger partial charge is 0.317 e. The standard InChI is InChI=1S/C14H26N2O3/c1-10(2)16(7-6-13(17)18)14(19)15-9-12-5-4-11(3)8-12/h10-12H,4-9H2,1-3H3,(H,15,19)(H,17,18). The molecule has 1 aliphatic carbocycles. The van der Waals surface area contributed by atoms with Crippen LogP contribution in [0.4, 0.5) is 4.79 Å². The van der Waals surface area contributed by atoms with E-state index in [1.54, 1.807) is 4.90 Å². The Labute approximate surface area is 115 Å². The van der Waals surface area contributed by atoms with E-state index in [4.69, 9.17) is 5.11 Å². The maximum absolute atomic E-state index is 12.1. The zero-order valence-electron chi connectivity index (χ0n) is 12.2. The molecule has 0 radical (unpaired) electrons. The quantitative estimate of drug-likeness (QED) is 0.778. The SMILES string of the molecule is CC1CCC(CNC(=O)N(CCC(=O)O)C(C)C)C1. The number of carboxylic acid groups (broad SMARTS) is 1. The van der Waals surface area contributed by atoms with Gasteiger partial charge < -0.3 is 15.3 Å². The van der Waals surface area contributed by atoms with E-state index in [9.17, 15) is 9.59 Å². The van der Waals surface area contributed by atoms with Crippen molar-refractivity contribution in [1.82, 2.24) is 10.2 Å². The fourth-order valence-electron chi connectivity index (χ4n) is 2.65. The minimum atomic E-state index is -0.872. The number of nitrogens with zero attached hydrogens (tertiary/aromatic N) is 1. The Morgan fingerprint density at radius 2 is 2.05 bits per heavy atom. The van der Waals surface area contributed by atoms with Gasteiger partial charge in [0.25, 0.3) is 0 Å². The van der Waals surface area contributed by atoms with Crippen molar-refractivity contribution in [1.29, 1.82) is 0 Å². The number of amides is 2. The summed E-state index contributed by atoms with van der Waals surface area (Å²) in [5, 5.41) is 11.6. The van der Waals surface area contributed by atoms with Crippen LogP contribution in [-0.2, 0) is 4.79 Å². The largest absolute Gasteiger partial charge is 0.481 e. The number of aliphatic carboxylic acids is 1. The van der Waals surface area contributed by atoms with Gasteiger partial charge in [0.15, 0.2) is 0 Å². The molecule has 0 bridgehead atoms. The zero-order chi connectivity index (χ0) is 14.4. The molecule has 0 aliphatic heterocycles. The second-order valence-electron chi connectivity index (χ2n) is 5.90. The van der Waals surface area contributed by atoms with Crippen LogP contribution in [0.25, 0.3) is 0 Å². The van der Waals surface area contributed by atoms with Crippen molar-refractivity contribution in [3.8, 4) is 0 Å². The van der Waals surface area contributed by atoms with Crippen molar-refractivity contribution in [3.05, 3.63) is 0 Å². The van der Waals surface area contributed by atoms with Crippen LogP contribution in [0.2, 0.25) is 0 Å². The van der Waals surface area contributed by atoms with E-state index >= 15 is 0 Å². The molecule has 0 aromatic rings. The molecule has 19 heavy (non-hydrogen) atoms. The first-order valence-electron chi connectivity index (χ1n) is 7.16. The number of rotatable bonds is 6. The molecule has 2 unspecified atom stereocenters. The highest BCUT2D eigenvalue weighted by atomic mass is 16.4. The Morgan fingerprint density at radius 1 is 1.37 bits per heavy atom. The average Bonchev–Trinajstić information content (AvgIpc) is 2.72. The lowest BCUT2D eigenvalue weighted by atomic mass is 10.1. The van der Waals surface area contributed by atoms with Crippen LogP contribution in [0.3, 0.4) is 0 Å². The summed E-state index contributed by atoms with van der Waals surface area (Å²) in [5.74, 6) is 0.464. The number of carboxylic acids is 1. The number of urea groups is 1. The third-order valence-electron chi connectivity index (χ3n) is 3.80. The Hall–Kier alpha value is -1.26. The Morgan fingerprint density at radius 3 is 2.53 bits per heavy atom. The Balaban J connectivity index is 2.37. The first kappa shape index (κ1) is 15.8. The summed E-state index contributed by atoms with van der Waals surface area (Å²) in [6.45, 7) is 7.02. The second kappa shape index (κ2) is 7.36. The maximum atomic E-state index is 12.1. The molecule has 110 valence electrons. The third kappa shape index (κ3) is 5.49. The van der Waals surface area contributed by atoms with Gasteiger partial charge in [-0.1, -0.05) is 13.3 Å². The monoisotopic (exact) mass is 270 g/mol. The lowest BCUT2D eigenvalue weighted by Gasteiger charge is -2.27. The molecular weight excluding hydrogens is 244 g/mol. The normalized spacial score (nSPS) is 22.5. The van der Waals surface area contributed by atoms with Crippen molar-refractivity contribution >= 4 is 12.0 Å². The van der Waals surface area contributed by atoms with Gasteiger partial charge in [0.2, 0.25) is 0 Å². The minimum absolute atomic E-state index is 0.00787. The van der Waals surface area contributed by atoms with E-state index in [1.807, 2.05) is 13.8 Å². The van der Waals surface area contributed by atoms with Gasteiger partial charge in [-0.2, -0.15) is 0 Å². The number of carbonyl (C=O) groups is 2. The zero-order valence-corrected chi connectivity index (χ0v) is 12.2. The van der Waals surface area contributed by atoms with Crippen molar-refractivity contribution in [3.63, 3.8) is 0 Å². The van der Waals surface area contributed by atoms with Crippen LogP contribution in [0.15, 0.2) is 0 Å². The molecule has 5 nitrogen and oxygen atoms in total. The van der Waals surface area contributed by atoms with Gasteiger partial charge in [0, 0.05) is 19.1 Å². The molecule has 1 rings (SSSR count). The first-order valence-corrected chi connectivity index (χ1v) is 7.16. The second-order valence-corrected chi connectivity index (χ2v) is 5.90. The van der Waals surface area contributed by atoms with E-state index in [0.29, 0.717) is 12.5 Å². The molecule has 0 aromatic carbocycles. The minimum Gasteiger partial charge on any atom is -0.481 e. The van der Waals surface area contributed by atoms with Crippen molar-refractivity contribution in [2.75, 3.05) is 13.1 Å². The fraction of sp³-hybridized carbons (Fsp3) is 0.857. The van der Waals surface area contributed by atoms with E-state index in [1.165, 1.54) is 19.3 Å². The van der Waals surface area contributed by atoms with E-state index in [-0.39, 0.29) is 25.0 Å². The highest BCUT2D eigenvalue weighted by molar-refractivity contribution is 5.75. The molecule has 0 spiro atoms. The predicted octanol–water partition coefficient (Wildman–Crippen LogP) is 2.32. The summed E-state index contributed by atoms with van der Waals surface area (Å²) in [6, 6.07) is -0.127. The highest BCUT2D eigenvalue weighted by Gasteiger charge is 2.23. The van der Waals surface area contributed by atoms with Crippen molar-refractivity contribution in [2.24, 2.45) is 11.8 Å². The maximum Gasteiger partial charge on any atom is 0.317 e.